The van der Waals surface area contributed by atoms with E-state index in [1.165, 1.54) is 5.56 Å². The van der Waals surface area contributed by atoms with Gasteiger partial charge in [0.2, 0.25) is 5.79 Å². The van der Waals surface area contributed by atoms with E-state index in [0.29, 0.717) is 29.8 Å². The van der Waals surface area contributed by atoms with Crippen LogP contribution in [0.5, 0.6) is 5.75 Å². The van der Waals surface area contributed by atoms with Gasteiger partial charge in [-0.05, 0) is 35.4 Å². The summed E-state index contributed by atoms with van der Waals surface area (Å²) in [5.74, 6) is -0.289. The average molecular weight is 481 g/mol. The number of ether oxygens (including phenoxy) is 3. The van der Waals surface area contributed by atoms with Crippen LogP contribution in [0.25, 0.3) is 11.1 Å². The van der Waals surface area contributed by atoms with Crippen molar-refractivity contribution in [3.8, 4) is 16.9 Å². The molecule has 0 aliphatic carbocycles. The van der Waals surface area contributed by atoms with Crippen LogP contribution >= 0.6 is 23.2 Å². The van der Waals surface area contributed by atoms with Crippen molar-refractivity contribution in [3.05, 3.63) is 107 Å². The molecule has 33 heavy (non-hydrogen) atoms. The lowest BCUT2D eigenvalue weighted by atomic mass is 10.1. The van der Waals surface area contributed by atoms with E-state index in [9.17, 15) is 0 Å². The summed E-state index contributed by atoms with van der Waals surface area (Å²) >= 11 is 12.6. The van der Waals surface area contributed by atoms with Gasteiger partial charge in [-0.1, -0.05) is 71.7 Å². The number of nitrogens with zero attached hydrogens (tertiary/aromatic N) is 2. The summed E-state index contributed by atoms with van der Waals surface area (Å²) in [6.07, 6.45) is 5.02. The fourth-order valence-electron chi connectivity index (χ4n) is 3.94. The molecule has 1 unspecified atom stereocenters. The van der Waals surface area contributed by atoms with E-state index in [1.807, 2.05) is 59.3 Å². The van der Waals surface area contributed by atoms with Crippen molar-refractivity contribution in [2.24, 2.45) is 0 Å². The van der Waals surface area contributed by atoms with E-state index in [0.717, 1.165) is 16.9 Å². The number of hydrogen-bond donors (Lipinski definition) is 0. The molecule has 1 aliphatic heterocycles. The summed E-state index contributed by atoms with van der Waals surface area (Å²) in [4.78, 5) is 4.12. The van der Waals surface area contributed by atoms with Crippen molar-refractivity contribution < 1.29 is 14.2 Å². The third kappa shape index (κ3) is 4.92. The van der Waals surface area contributed by atoms with E-state index in [-0.39, 0.29) is 6.10 Å². The number of imidazole rings is 1. The Morgan fingerprint density at radius 2 is 1.79 bits per heavy atom. The molecule has 5 nitrogen and oxygen atoms in total. The fraction of sp³-hybridized carbons (Fsp3) is 0.192. The Hall–Kier alpha value is -2.83. The van der Waals surface area contributed by atoms with Gasteiger partial charge in [0.15, 0.2) is 0 Å². The van der Waals surface area contributed by atoms with Crippen molar-refractivity contribution >= 4 is 23.2 Å². The molecule has 2 atom stereocenters. The fourth-order valence-corrected chi connectivity index (χ4v) is 4.49. The molecule has 5 rings (SSSR count). The second kappa shape index (κ2) is 9.57. The third-order valence-electron chi connectivity index (χ3n) is 5.55. The second-order valence-electron chi connectivity index (χ2n) is 7.86. The zero-order valence-corrected chi connectivity index (χ0v) is 19.2. The SMILES string of the molecule is Clc1ccc([C@@]2(Cn3ccnc3)OCC(COc3ccc(-c4ccccc4)cc3)O2)c(Cl)c1. The molecular formula is C26H22Cl2N2O3. The highest BCUT2D eigenvalue weighted by Gasteiger charge is 2.45. The van der Waals surface area contributed by atoms with Gasteiger partial charge < -0.3 is 18.8 Å². The van der Waals surface area contributed by atoms with E-state index in [4.69, 9.17) is 37.4 Å². The minimum absolute atomic E-state index is 0.269. The molecule has 1 aromatic heterocycles. The molecule has 0 saturated carbocycles. The first-order valence-corrected chi connectivity index (χ1v) is 11.4. The Morgan fingerprint density at radius 3 is 2.52 bits per heavy atom. The van der Waals surface area contributed by atoms with Gasteiger partial charge in [0.1, 0.15) is 18.5 Å². The number of hydrogen-bond acceptors (Lipinski definition) is 4. The highest BCUT2D eigenvalue weighted by atomic mass is 35.5. The summed E-state index contributed by atoms with van der Waals surface area (Å²) in [5.41, 5.74) is 3.03. The summed E-state index contributed by atoms with van der Waals surface area (Å²) in [6.45, 7) is 1.12. The van der Waals surface area contributed by atoms with Crippen LogP contribution in [-0.2, 0) is 21.8 Å². The maximum absolute atomic E-state index is 6.52. The monoisotopic (exact) mass is 480 g/mol. The molecule has 0 amide bonds. The Kier molecular flexibility index (Phi) is 6.38. The lowest BCUT2D eigenvalue weighted by molar-refractivity contribution is -0.189. The average Bonchev–Trinajstić information content (AvgIpc) is 3.49. The molecule has 2 heterocycles. The van der Waals surface area contributed by atoms with Crippen LogP contribution in [0.2, 0.25) is 10.0 Å². The van der Waals surface area contributed by atoms with Gasteiger partial charge in [0.05, 0.1) is 24.5 Å². The molecule has 0 spiro atoms. The summed E-state index contributed by atoms with van der Waals surface area (Å²) < 4.78 is 20.6. The topological polar surface area (TPSA) is 45.5 Å². The van der Waals surface area contributed by atoms with Crippen LogP contribution < -0.4 is 4.74 Å². The van der Waals surface area contributed by atoms with E-state index < -0.39 is 5.79 Å². The van der Waals surface area contributed by atoms with Crippen molar-refractivity contribution in [3.63, 3.8) is 0 Å². The maximum Gasteiger partial charge on any atom is 0.215 e. The van der Waals surface area contributed by atoms with E-state index in [2.05, 4.69) is 17.1 Å². The molecular weight excluding hydrogens is 459 g/mol. The minimum Gasteiger partial charge on any atom is -0.491 e. The molecule has 3 aromatic carbocycles. The first-order chi connectivity index (χ1) is 16.1. The zero-order chi connectivity index (χ0) is 22.7. The van der Waals surface area contributed by atoms with Crippen molar-refractivity contribution in [1.29, 1.82) is 0 Å². The Bertz CT molecular complexity index is 1200. The molecule has 0 bridgehead atoms. The number of rotatable bonds is 7. The van der Waals surface area contributed by atoms with E-state index in [1.54, 1.807) is 24.7 Å². The van der Waals surface area contributed by atoms with Crippen molar-refractivity contribution in [1.82, 2.24) is 9.55 Å². The van der Waals surface area contributed by atoms with Crippen LogP contribution in [0.3, 0.4) is 0 Å². The van der Waals surface area contributed by atoms with Crippen LogP contribution in [0.15, 0.2) is 91.5 Å². The molecule has 4 aromatic rings. The predicted molar refractivity (Wildman–Crippen MR) is 129 cm³/mol. The van der Waals surface area contributed by atoms with Crippen LogP contribution in [-0.4, -0.2) is 28.9 Å². The Labute approximate surface area is 202 Å². The Balaban J connectivity index is 1.29. The molecule has 7 heteroatoms. The smallest absolute Gasteiger partial charge is 0.215 e. The molecule has 1 saturated heterocycles. The molecule has 1 aliphatic rings. The summed E-state index contributed by atoms with van der Waals surface area (Å²) in [5, 5.41) is 1.04. The predicted octanol–water partition coefficient (Wildman–Crippen LogP) is 6.20. The highest BCUT2D eigenvalue weighted by Crippen LogP contribution is 2.40. The van der Waals surface area contributed by atoms with Gasteiger partial charge in [-0.15, -0.1) is 0 Å². The van der Waals surface area contributed by atoms with Crippen LogP contribution in [0.1, 0.15) is 5.56 Å². The molecule has 1 fully saturated rings. The standard InChI is InChI=1S/C26H22Cl2N2O3/c27-21-8-11-24(25(28)14-21)26(17-30-13-12-29-18-30)32-16-23(33-26)15-31-22-9-6-20(7-10-22)19-4-2-1-3-5-19/h1-14,18,23H,15-17H2/t23?,26-/m0/s1. The van der Waals surface area contributed by atoms with E-state index >= 15 is 0 Å². The lowest BCUT2D eigenvalue weighted by Crippen LogP contribution is -2.34. The quantitative estimate of drug-likeness (QED) is 0.315. The largest absolute Gasteiger partial charge is 0.491 e. The minimum atomic E-state index is -1.06. The lowest BCUT2D eigenvalue weighted by Gasteiger charge is -2.30. The molecule has 0 N–H and O–H groups in total. The number of halogens is 2. The zero-order valence-electron chi connectivity index (χ0n) is 17.7. The third-order valence-corrected chi connectivity index (χ3v) is 6.10. The van der Waals surface area contributed by atoms with Gasteiger partial charge in [0.25, 0.3) is 0 Å². The first-order valence-electron chi connectivity index (χ1n) is 10.6. The molecule has 0 radical (unpaired) electrons. The second-order valence-corrected chi connectivity index (χ2v) is 8.71. The van der Waals surface area contributed by atoms with Crippen molar-refractivity contribution in [2.45, 2.75) is 18.4 Å². The normalized spacial score (nSPS) is 20.1. The van der Waals surface area contributed by atoms with Gasteiger partial charge in [-0.3, -0.25) is 0 Å². The van der Waals surface area contributed by atoms with Gasteiger partial charge in [-0.2, -0.15) is 0 Å². The first kappa shape index (κ1) is 22.0. The molecule has 168 valence electrons. The summed E-state index contributed by atoms with van der Waals surface area (Å²) in [6, 6.07) is 23.6. The van der Waals surface area contributed by atoms with Crippen LogP contribution in [0.4, 0.5) is 0 Å². The number of benzene rings is 3. The maximum atomic E-state index is 6.52. The summed E-state index contributed by atoms with van der Waals surface area (Å²) in [7, 11) is 0. The number of aromatic nitrogens is 2. The van der Waals surface area contributed by atoms with Gasteiger partial charge >= 0.3 is 0 Å². The van der Waals surface area contributed by atoms with Gasteiger partial charge in [-0.25, -0.2) is 4.98 Å². The highest BCUT2D eigenvalue weighted by molar-refractivity contribution is 6.35. The van der Waals surface area contributed by atoms with Crippen LogP contribution in [0, 0.1) is 0 Å². The van der Waals surface area contributed by atoms with Crippen molar-refractivity contribution in [2.75, 3.05) is 13.2 Å². The Morgan fingerprint density at radius 1 is 1.00 bits per heavy atom. The van der Waals surface area contributed by atoms with Gasteiger partial charge in [0, 0.05) is 23.0 Å².